The van der Waals surface area contributed by atoms with Gasteiger partial charge in [0.1, 0.15) is 11.6 Å². The Kier molecular flexibility index (Phi) is 4.53. The van der Waals surface area contributed by atoms with Crippen molar-refractivity contribution in [2.45, 2.75) is 6.42 Å². The third kappa shape index (κ3) is 3.80. The van der Waals surface area contributed by atoms with E-state index in [2.05, 4.69) is 5.16 Å². The van der Waals surface area contributed by atoms with Gasteiger partial charge in [-0.1, -0.05) is 16.8 Å². The number of halogens is 1. The van der Waals surface area contributed by atoms with Gasteiger partial charge in [-0.05, 0) is 6.07 Å². The van der Waals surface area contributed by atoms with Crippen LogP contribution < -0.4 is 10.5 Å². The molecule has 0 saturated heterocycles. The molecule has 0 unspecified atom stereocenters. The van der Waals surface area contributed by atoms with Crippen LogP contribution in [0.4, 0.5) is 5.69 Å². The van der Waals surface area contributed by atoms with Crippen LogP contribution in [0.5, 0.6) is 5.75 Å². The lowest BCUT2D eigenvalue weighted by Crippen LogP contribution is -2.15. The van der Waals surface area contributed by atoms with E-state index in [4.69, 9.17) is 27.3 Å². The largest absolute Gasteiger partial charge is 0.491 e. The number of nitro benzene ring substituents is 1. The molecule has 92 valence electrons. The minimum atomic E-state index is -0.549. The molecule has 0 heterocycles. The Morgan fingerprint density at radius 2 is 2.35 bits per heavy atom. The van der Waals surface area contributed by atoms with E-state index in [0.717, 1.165) is 0 Å². The van der Waals surface area contributed by atoms with Crippen LogP contribution in [0, 0.1) is 10.1 Å². The number of hydrogen-bond donors (Lipinski definition) is 2. The Morgan fingerprint density at radius 1 is 1.65 bits per heavy atom. The summed E-state index contributed by atoms with van der Waals surface area (Å²) in [5, 5.41) is 21.8. The number of nitro groups is 1. The van der Waals surface area contributed by atoms with Crippen molar-refractivity contribution in [2.75, 3.05) is 6.61 Å². The van der Waals surface area contributed by atoms with Gasteiger partial charge in [-0.25, -0.2) is 0 Å². The van der Waals surface area contributed by atoms with Crippen molar-refractivity contribution < 1.29 is 14.9 Å². The number of amidine groups is 1. The van der Waals surface area contributed by atoms with Crippen LogP contribution in [-0.2, 0) is 0 Å². The summed E-state index contributed by atoms with van der Waals surface area (Å²) in [6, 6.07) is 3.87. The van der Waals surface area contributed by atoms with Crippen LogP contribution in [0.15, 0.2) is 23.4 Å². The van der Waals surface area contributed by atoms with Gasteiger partial charge in [-0.3, -0.25) is 10.1 Å². The number of nitrogens with two attached hydrogens (primary N) is 1. The fourth-order valence-electron chi connectivity index (χ4n) is 1.03. The highest BCUT2D eigenvalue weighted by molar-refractivity contribution is 6.32. The van der Waals surface area contributed by atoms with Crippen LogP contribution in [-0.4, -0.2) is 22.6 Å². The second kappa shape index (κ2) is 5.90. The van der Waals surface area contributed by atoms with Gasteiger partial charge in [0.2, 0.25) is 0 Å². The van der Waals surface area contributed by atoms with Crippen molar-refractivity contribution >= 4 is 23.1 Å². The molecule has 0 aromatic heterocycles. The van der Waals surface area contributed by atoms with Gasteiger partial charge in [-0.2, -0.15) is 0 Å². The van der Waals surface area contributed by atoms with Gasteiger partial charge in [0.05, 0.1) is 22.6 Å². The predicted octanol–water partition coefficient (Wildman–Crippen LogP) is 1.76. The van der Waals surface area contributed by atoms with Gasteiger partial charge in [-0.15, -0.1) is 0 Å². The van der Waals surface area contributed by atoms with Gasteiger partial charge in [0.25, 0.3) is 5.69 Å². The fourth-order valence-corrected chi connectivity index (χ4v) is 1.20. The topological polar surface area (TPSA) is 111 Å². The van der Waals surface area contributed by atoms with Crippen LogP contribution in [0.3, 0.4) is 0 Å². The third-order valence-corrected chi connectivity index (χ3v) is 2.18. The lowest BCUT2D eigenvalue weighted by Gasteiger charge is -2.06. The molecule has 0 aliphatic rings. The van der Waals surface area contributed by atoms with Gasteiger partial charge in [0, 0.05) is 12.5 Å². The summed E-state index contributed by atoms with van der Waals surface area (Å²) in [6.07, 6.45) is 0.190. The average Bonchev–Trinajstić information content (AvgIpc) is 2.30. The molecule has 0 radical (unpaired) electrons. The number of hydrogen-bond acceptors (Lipinski definition) is 5. The average molecular weight is 260 g/mol. The van der Waals surface area contributed by atoms with Crippen LogP contribution in [0.1, 0.15) is 6.42 Å². The molecule has 0 bridgehead atoms. The van der Waals surface area contributed by atoms with Crippen molar-refractivity contribution in [3.63, 3.8) is 0 Å². The number of oxime groups is 1. The quantitative estimate of drug-likeness (QED) is 0.275. The van der Waals surface area contributed by atoms with Crippen molar-refractivity contribution in [3.05, 3.63) is 33.3 Å². The van der Waals surface area contributed by atoms with E-state index in [9.17, 15) is 10.1 Å². The molecule has 0 saturated carbocycles. The second-order valence-corrected chi connectivity index (χ2v) is 3.47. The molecule has 0 amide bonds. The SMILES string of the molecule is N/C(CCOc1cc([N+](=O)[O-])ccc1Cl)=N\O. The first-order valence-electron chi connectivity index (χ1n) is 4.57. The highest BCUT2D eigenvalue weighted by Gasteiger charge is 2.10. The first-order valence-corrected chi connectivity index (χ1v) is 4.95. The van der Waals surface area contributed by atoms with Crippen molar-refractivity contribution in [3.8, 4) is 5.75 Å². The van der Waals surface area contributed by atoms with Gasteiger partial charge >= 0.3 is 0 Å². The Labute approximate surface area is 102 Å². The summed E-state index contributed by atoms with van der Waals surface area (Å²) < 4.78 is 5.19. The normalized spacial score (nSPS) is 11.2. The minimum Gasteiger partial charge on any atom is -0.491 e. The molecule has 7 nitrogen and oxygen atoms in total. The van der Waals surface area contributed by atoms with Crippen molar-refractivity contribution in [2.24, 2.45) is 10.9 Å². The van der Waals surface area contributed by atoms with Crippen molar-refractivity contribution in [1.29, 1.82) is 0 Å². The molecule has 8 heteroatoms. The second-order valence-electron chi connectivity index (χ2n) is 3.06. The molecule has 17 heavy (non-hydrogen) atoms. The standard InChI is InChI=1S/C9H10ClN3O4/c10-7-2-1-6(13(15)16)5-8(7)17-4-3-9(11)12-14/h1-2,5,14H,3-4H2,(H2,11,12). The molecule has 1 aromatic rings. The molecule has 1 aromatic carbocycles. The van der Waals surface area contributed by atoms with E-state index in [-0.39, 0.29) is 35.3 Å². The maximum absolute atomic E-state index is 10.5. The smallest absolute Gasteiger partial charge is 0.273 e. The maximum atomic E-state index is 10.5. The zero-order valence-corrected chi connectivity index (χ0v) is 9.42. The molecule has 0 aliphatic carbocycles. The number of non-ortho nitro benzene ring substituents is 1. The van der Waals surface area contributed by atoms with Crippen molar-refractivity contribution in [1.82, 2.24) is 0 Å². The molecule has 1 rings (SSSR count). The van der Waals surface area contributed by atoms with Crippen LogP contribution >= 0.6 is 11.6 Å². The van der Waals surface area contributed by atoms with E-state index in [1.807, 2.05) is 0 Å². The first-order chi connectivity index (χ1) is 8.04. The highest BCUT2D eigenvalue weighted by Crippen LogP contribution is 2.28. The maximum Gasteiger partial charge on any atom is 0.273 e. The van der Waals surface area contributed by atoms with Gasteiger partial charge in [0.15, 0.2) is 0 Å². The Balaban J connectivity index is 2.70. The summed E-state index contributed by atoms with van der Waals surface area (Å²) in [4.78, 5) is 9.98. The molecular weight excluding hydrogens is 250 g/mol. The Morgan fingerprint density at radius 3 is 2.94 bits per heavy atom. The number of rotatable bonds is 5. The third-order valence-electron chi connectivity index (χ3n) is 1.87. The molecule has 3 N–H and O–H groups in total. The summed E-state index contributed by atoms with van der Waals surface area (Å²) >= 11 is 5.79. The lowest BCUT2D eigenvalue weighted by atomic mass is 10.3. The molecular formula is C9H10ClN3O4. The molecule has 0 aliphatic heterocycles. The van der Waals surface area contributed by atoms with E-state index < -0.39 is 4.92 Å². The van der Waals surface area contributed by atoms with E-state index in [0.29, 0.717) is 0 Å². The number of nitrogens with zero attached hydrogens (tertiary/aromatic N) is 2. The molecule has 0 atom stereocenters. The summed E-state index contributed by atoms with van der Waals surface area (Å²) in [5.74, 6) is 0.193. The number of ether oxygens (including phenoxy) is 1. The van der Waals surface area contributed by atoms with Gasteiger partial charge < -0.3 is 15.7 Å². The Hall–Kier alpha value is -2.02. The molecule has 0 spiro atoms. The summed E-state index contributed by atoms with van der Waals surface area (Å²) in [5.41, 5.74) is 5.11. The highest BCUT2D eigenvalue weighted by atomic mass is 35.5. The van der Waals surface area contributed by atoms with E-state index in [1.165, 1.54) is 18.2 Å². The van der Waals surface area contributed by atoms with E-state index in [1.54, 1.807) is 0 Å². The fraction of sp³-hybridized carbons (Fsp3) is 0.222. The Bertz CT molecular complexity index is 450. The monoisotopic (exact) mass is 259 g/mol. The predicted molar refractivity (Wildman–Crippen MR) is 61.6 cm³/mol. The lowest BCUT2D eigenvalue weighted by molar-refractivity contribution is -0.384. The minimum absolute atomic E-state index is 0.00607. The summed E-state index contributed by atoms with van der Waals surface area (Å²) in [6.45, 7) is 0.108. The molecule has 0 fully saturated rings. The van der Waals surface area contributed by atoms with Crippen LogP contribution in [0.2, 0.25) is 5.02 Å². The summed E-state index contributed by atoms with van der Waals surface area (Å²) in [7, 11) is 0. The zero-order valence-electron chi connectivity index (χ0n) is 8.67. The number of benzene rings is 1. The van der Waals surface area contributed by atoms with E-state index >= 15 is 0 Å². The first kappa shape index (κ1) is 13.0. The van der Waals surface area contributed by atoms with Crippen LogP contribution in [0.25, 0.3) is 0 Å². The zero-order chi connectivity index (χ0) is 12.8.